The van der Waals surface area contributed by atoms with Crippen LogP contribution >= 0.6 is 11.8 Å². The van der Waals surface area contributed by atoms with E-state index in [2.05, 4.69) is 34.0 Å². The van der Waals surface area contributed by atoms with Crippen molar-refractivity contribution in [3.63, 3.8) is 0 Å². The monoisotopic (exact) mass is 541 g/mol. The third-order valence-electron chi connectivity index (χ3n) is 8.98. The first kappa shape index (κ1) is 24.9. The number of pyridine rings is 1. The van der Waals surface area contributed by atoms with Crippen LogP contribution in [0.2, 0.25) is 0 Å². The number of hydrogen-bond acceptors (Lipinski definition) is 6. The van der Waals surface area contributed by atoms with E-state index in [1.54, 1.807) is 7.11 Å². The van der Waals surface area contributed by atoms with Gasteiger partial charge in [-0.05, 0) is 86.1 Å². The van der Waals surface area contributed by atoms with Gasteiger partial charge in [-0.15, -0.1) is 0 Å². The van der Waals surface area contributed by atoms with Gasteiger partial charge in [0, 0.05) is 53.6 Å². The summed E-state index contributed by atoms with van der Waals surface area (Å²) in [6, 6.07) is 12.7. The van der Waals surface area contributed by atoms with Crippen LogP contribution in [0.15, 0.2) is 42.6 Å². The van der Waals surface area contributed by atoms with E-state index in [1.807, 2.05) is 41.1 Å². The first-order valence-corrected chi connectivity index (χ1v) is 15.5. The average Bonchev–Trinajstić information content (AvgIpc) is 3.50. The van der Waals surface area contributed by atoms with Crippen molar-refractivity contribution in [2.75, 3.05) is 25.7 Å². The van der Waals surface area contributed by atoms with Gasteiger partial charge in [0.1, 0.15) is 17.1 Å². The van der Waals surface area contributed by atoms with Crippen LogP contribution in [0.3, 0.4) is 0 Å². The third-order valence-corrected chi connectivity index (χ3v) is 9.57. The largest absolute Gasteiger partial charge is 0.494 e. The summed E-state index contributed by atoms with van der Waals surface area (Å²) in [5.41, 5.74) is 12.3. The highest BCUT2D eigenvalue weighted by Crippen LogP contribution is 2.41. The van der Waals surface area contributed by atoms with Crippen LogP contribution in [0.25, 0.3) is 33.3 Å². The molecule has 0 radical (unpaired) electrons. The number of hydrogen-bond donors (Lipinski definition) is 1. The minimum absolute atomic E-state index is 0.0317. The Morgan fingerprint density at radius 1 is 1.15 bits per heavy atom. The van der Waals surface area contributed by atoms with Crippen molar-refractivity contribution in [1.82, 2.24) is 19.4 Å². The lowest BCUT2D eigenvalue weighted by molar-refractivity contribution is 0.0700. The van der Waals surface area contributed by atoms with Gasteiger partial charge in [0.25, 0.3) is 5.91 Å². The SMILES string of the molecule is COc1cc(C(=O)N2C[C@H]3CC[C@@H]2[C@@H]3N)cc2nc(-c3cc4cccnc4cc3CC3CC3)n(CCSC)c12. The summed E-state index contributed by atoms with van der Waals surface area (Å²) in [5.74, 6) is 3.75. The predicted molar refractivity (Wildman–Crippen MR) is 157 cm³/mol. The number of imidazole rings is 1. The molecule has 1 saturated heterocycles. The molecule has 0 spiro atoms. The number of likely N-dealkylation sites (tertiary alicyclic amines) is 1. The van der Waals surface area contributed by atoms with Crippen LogP contribution in [0.4, 0.5) is 0 Å². The molecule has 7 nitrogen and oxygen atoms in total. The summed E-state index contributed by atoms with van der Waals surface area (Å²) in [6.45, 7) is 1.55. The molecule has 2 N–H and O–H groups in total. The van der Waals surface area contributed by atoms with E-state index < -0.39 is 0 Å². The van der Waals surface area contributed by atoms with E-state index in [1.165, 1.54) is 18.4 Å². The lowest BCUT2D eigenvalue weighted by Gasteiger charge is -2.27. The number of ether oxygens (including phenoxy) is 1. The second-order valence-electron chi connectivity index (χ2n) is 11.4. The molecule has 1 amide bonds. The molecule has 1 aliphatic heterocycles. The molecule has 4 aromatic rings. The summed E-state index contributed by atoms with van der Waals surface area (Å²) >= 11 is 1.81. The Balaban J connectivity index is 1.38. The van der Waals surface area contributed by atoms with Gasteiger partial charge < -0.3 is 19.9 Å². The second-order valence-corrected chi connectivity index (χ2v) is 12.4. The standard InChI is InChI=1S/C31H35N5O2S/c1-38-27-16-22(31(37)36-17-20-7-8-26(36)28(20)32)15-25-29(27)35(10-11-39-2)30(34-25)23-13-19-4-3-9-33-24(19)14-21(23)12-18-5-6-18/h3-4,9,13-16,18,20,26,28H,5-8,10-12,17,32H2,1-2H3/t20-,26-,28-/m1/s1. The van der Waals surface area contributed by atoms with Crippen molar-refractivity contribution >= 4 is 39.6 Å². The number of methoxy groups -OCH3 is 1. The number of nitrogens with zero attached hydrogens (tertiary/aromatic N) is 4. The summed E-state index contributed by atoms with van der Waals surface area (Å²) in [5, 5.41) is 1.11. The van der Waals surface area contributed by atoms with Gasteiger partial charge in [-0.25, -0.2) is 4.98 Å². The third kappa shape index (κ3) is 4.28. The zero-order valence-electron chi connectivity index (χ0n) is 22.6. The molecule has 2 aromatic heterocycles. The van der Waals surface area contributed by atoms with Crippen LogP contribution in [0.1, 0.15) is 41.6 Å². The fourth-order valence-corrected chi connectivity index (χ4v) is 7.10. The van der Waals surface area contributed by atoms with Gasteiger partial charge in [-0.1, -0.05) is 6.07 Å². The molecule has 39 heavy (non-hydrogen) atoms. The van der Waals surface area contributed by atoms with Gasteiger partial charge in [0.2, 0.25) is 0 Å². The molecule has 2 bridgehead atoms. The number of aryl methyl sites for hydroxylation is 1. The molecule has 0 unspecified atom stereocenters. The molecule has 7 rings (SSSR count). The van der Waals surface area contributed by atoms with Crippen molar-refractivity contribution in [1.29, 1.82) is 0 Å². The van der Waals surface area contributed by atoms with E-state index in [9.17, 15) is 4.79 Å². The van der Waals surface area contributed by atoms with Crippen molar-refractivity contribution in [3.8, 4) is 17.1 Å². The Morgan fingerprint density at radius 3 is 2.74 bits per heavy atom. The molecular formula is C31H35N5O2S. The Hall–Kier alpha value is -3.10. The van der Waals surface area contributed by atoms with Crippen molar-refractivity contribution in [2.24, 2.45) is 17.6 Å². The Kier molecular flexibility index (Phi) is 6.27. The van der Waals surface area contributed by atoms with Crippen LogP contribution in [0, 0.1) is 11.8 Å². The van der Waals surface area contributed by atoms with Crippen LogP contribution in [0.5, 0.6) is 5.75 Å². The Morgan fingerprint density at radius 2 is 2.03 bits per heavy atom. The lowest BCUT2D eigenvalue weighted by Crippen LogP contribution is -2.41. The number of aromatic nitrogens is 3. The number of carbonyl (C=O) groups is 1. The van der Waals surface area contributed by atoms with E-state index in [4.69, 9.17) is 15.5 Å². The normalized spacial score (nSPS) is 22.3. The first-order valence-electron chi connectivity index (χ1n) is 14.1. The number of rotatable bonds is 8. The highest BCUT2D eigenvalue weighted by atomic mass is 32.2. The van der Waals surface area contributed by atoms with E-state index in [-0.39, 0.29) is 18.0 Å². The smallest absolute Gasteiger partial charge is 0.254 e. The summed E-state index contributed by atoms with van der Waals surface area (Å²) in [7, 11) is 1.68. The minimum Gasteiger partial charge on any atom is -0.494 e. The maximum absolute atomic E-state index is 13.7. The fraction of sp³-hybridized carbons (Fsp3) is 0.452. The van der Waals surface area contributed by atoms with Gasteiger partial charge in [0.15, 0.2) is 0 Å². The number of piperidine rings is 1. The second kappa shape index (κ2) is 9.82. The number of carbonyl (C=O) groups excluding carboxylic acids is 1. The van der Waals surface area contributed by atoms with Gasteiger partial charge in [0.05, 0.1) is 18.1 Å². The number of amides is 1. The molecule has 2 aromatic carbocycles. The minimum atomic E-state index is 0.0317. The zero-order valence-corrected chi connectivity index (χ0v) is 23.4. The summed E-state index contributed by atoms with van der Waals surface area (Å²) < 4.78 is 8.23. The van der Waals surface area contributed by atoms with Gasteiger partial charge in [-0.2, -0.15) is 11.8 Å². The molecule has 3 atom stereocenters. The van der Waals surface area contributed by atoms with Crippen molar-refractivity contribution in [3.05, 3.63) is 53.7 Å². The topological polar surface area (TPSA) is 86.3 Å². The number of thioether (sulfide) groups is 1. The van der Waals surface area contributed by atoms with Crippen LogP contribution in [-0.2, 0) is 13.0 Å². The quantitative estimate of drug-likeness (QED) is 0.333. The summed E-state index contributed by atoms with van der Waals surface area (Å²) in [6.07, 6.45) is 9.69. The summed E-state index contributed by atoms with van der Waals surface area (Å²) in [4.78, 5) is 25.6. The molecule has 3 aliphatic rings. The molecule has 202 valence electrons. The van der Waals surface area contributed by atoms with Crippen molar-refractivity contribution < 1.29 is 9.53 Å². The maximum atomic E-state index is 13.7. The molecule has 8 heteroatoms. The fourth-order valence-electron chi connectivity index (χ4n) is 6.74. The van der Waals surface area contributed by atoms with Crippen LogP contribution < -0.4 is 10.5 Å². The number of fused-ring (bicyclic) bond motifs is 4. The zero-order chi connectivity index (χ0) is 26.7. The lowest BCUT2D eigenvalue weighted by atomic mass is 9.98. The molecule has 2 saturated carbocycles. The molecule has 3 heterocycles. The highest BCUT2D eigenvalue weighted by molar-refractivity contribution is 7.98. The Labute approximate surface area is 233 Å². The van der Waals surface area contributed by atoms with Crippen LogP contribution in [-0.4, -0.2) is 63.1 Å². The predicted octanol–water partition coefficient (Wildman–Crippen LogP) is 5.14. The van der Waals surface area contributed by atoms with E-state index in [0.717, 1.165) is 77.3 Å². The maximum Gasteiger partial charge on any atom is 0.254 e. The molecular weight excluding hydrogens is 506 g/mol. The Bertz CT molecular complexity index is 1580. The van der Waals surface area contributed by atoms with Crippen molar-refractivity contribution in [2.45, 2.75) is 50.7 Å². The number of nitrogens with two attached hydrogens (primary N) is 1. The number of benzene rings is 2. The highest BCUT2D eigenvalue weighted by Gasteiger charge is 2.47. The van der Waals surface area contributed by atoms with Gasteiger partial charge in [-0.3, -0.25) is 9.78 Å². The van der Waals surface area contributed by atoms with E-state index in [0.29, 0.717) is 17.2 Å². The molecule has 2 aliphatic carbocycles. The van der Waals surface area contributed by atoms with E-state index >= 15 is 0 Å². The molecule has 3 fully saturated rings. The first-order chi connectivity index (χ1) is 19.1. The average molecular weight is 542 g/mol. The van der Waals surface area contributed by atoms with Gasteiger partial charge >= 0.3 is 0 Å².